The van der Waals surface area contributed by atoms with E-state index in [2.05, 4.69) is 51.1 Å². The van der Waals surface area contributed by atoms with Gasteiger partial charge >= 0.3 is 0 Å². The van der Waals surface area contributed by atoms with Crippen molar-refractivity contribution >= 4 is 0 Å². The van der Waals surface area contributed by atoms with E-state index in [1.165, 1.54) is 63.4 Å². The fraction of sp³-hybridized carbons (Fsp3) is 0.684. The van der Waals surface area contributed by atoms with Crippen molar-refractivity contribution in [3.63, 3.8) is 0 Å². The Hall–Kier alpha value is -0.780. The van der Waals surface area contributed by atoms with Crippen LogP contribution in [0.15, 0.2) is 30.3 Å². The van der Waals surface area contributed by atoms with Gasteiger partial charge in [-0.25, -0.2) is 0 Å². The van der Waals surface area contributed by atoms with E-state index >= 15 is 0 Å². The number of benzene rings is 1. The minimum atomic E-state index is 0.449. The van der Waals surface area contributed by atoms with Gasteiger partial charge in [0.05, 0.1) is 0 Å². The molecule has 1 aromatic carbocycles. The topological polar surface area (TPSA) is 0 Å². The van der Waals surface area contributed by atoms with Gasteiger partial charge in [0.15, 0.2) is 0 Å². The molecule has 0 aliphatic heterocycles. The van der Waals surface area contributed by atoms with Crippen LogP contribution in [0.2, 0.25) is 0 Å². The molecular formula is C19H32. The lowest BCUT2D eigenvalue weighted by molar-refractivity contribution is 0.316. The maximum Gasteiger partial charge on any atom is -0.0227 e. The third kappa shape index (κ3) is 8.08. The van der Waals surface area contributed by atoms with Crippen LogP contribution in [-0.2, 0) is 6.42 Å². The summed E-state index contributed by atoms with van der Waals surface area (Å²) in [5, 5.41) is 0. The van der Waals surface area contributed by atoms with Crippen LogP contribution in [0.4, 0.5) is 0 Å². The molecule has 19 heavy (non-hydrogen) atoms. The second kappa shape index (κ2) is 9.18. The fourth-order valence-corrected chi connectivity index (χ4v) is 2.80. The Balaban J connectivity index is 2.13. The molecule has 1 rings (SSSR count). The van der Waals surface area contributed by atoms with Crippen LogP contribution < -0.4 is 0 Å². The Morgan fingerprint density at radius 2 is 1.37 bits per heavy atom. The highest BCUT2D eigenvalue weighted by molar-refractivity contribution is 5.16. The lowest BCUT2D eigenvalue weighted by Gasteiger charge is -2.24. The van der Waals surface area contributed by atoms with E-state index in [9.17, 15) is 0 Å². The van der Waals surface area contributed by atoms with Crippen molar-refractivity contribution in [3.05, 3.63) is 35.9 Å². The van der Waals surface area contributed by atoms with Crippen molar-refractivity contribution in [2.24, 2.45) is 5.41 Å². The van der Waals surface area contributed by atoms with Crippen LogP contribution in [-0.4, -0.2) is 0 Å². The molecule has 0 nitrogen and oxygen atoms in total. The van der Waals surface area contributed by atoms with Crippen LogP contribution >= 0.6 is 0 Å². The van der Waals surface area contributed by atoms with Crippen molar-refractivity contribution < 1.29 is 0 Å². The lowest BCUT2D eigenvalue weighted by Crippen LogP contribution is -2.14. The highest BCUT2D eigenvalue weighted by Gasteiger charge is 2.17. The highest BCUT2D eigenvalue weighted by Crippen LogP contribution is 2.28. The first kappa shape index (κ1) is 16.3. The predicted molar refractivity (Wildman–Crippen MR) is 86.5 cm³/mol. The molecule has 0 aromatic heterocycles. The second-order valence-corrected chi connectivity index (χ2v) is 6.70. The number of unbranched alkanes of at least 4 members (excludes halogenated alkanes) is 6. The van der Waals surface area contributed by atoms with E-state index in [4.69, 9.17) is 0 Å². The molecule has 0 heterocycles. The zero-order chi connectivity index (χ0) is 14.0. The first-order valence-electron chi connectivity index (χ1n) is 8.18. The van der Waals surface area contributed by atoms with Crippen LogP contribution in [0.1, 0.15) is 77.7 Å². The highest BCUT2D eigenvalue weighted by atomic mass is 14.2. The Labute approximate surface area is 120 Å². The smallest absolute Gasteiger partial charge is 0.0227 e. The summed E-state index contributed by atoms with van der Waals surface area (Å²) in [7, 11) is 0. The average molecular weight is 260 g/mol. The van der Waals surface area contributed by atoms with E-state index in [1.807, 2.05) is 0 Å². The second-order valence-electron chi connectivity index (χ2n) is 6.70. The number of rotatable bonds is 10. The fourth-order valence-electron chi connectivity index (χ4n) is 2.80. The molecule has 1 aromatic rings. The zero-order valence-electron chi connectivity index (χ0n) is 13.3. The maximum atomic E-state index is 2.41. The molecule has 0 aliphatic rings. The molecule has 0 bridgehead atoms. The van der Waals surface area contributed by atoms with Gasteiger partial charge < -0.3 is 0 Å². The maximum absolute atomic E-state index is 2.41. The molecule has 0 spiro atoms. The molecule has 0 radical (unpaired) electrons. The zero-order valence-corrected chi connectivity index (χ0v) is 13.3. The molecule has 0 aliphatic carbocycles. The van der Waals surface area contributed by atoms with Gasteiger partial charge in [-0.2, -0.15) is 0 Å². The standard InChI is InChI=1S/C19H32/c1-4-5-6-7-8-9-13-16-19(2,3)17-18-14-11-10-12-15-18/h10-12,14-15H,4-9,13,16-17H2,1-3H3. The molecule has 0 saturated carbocycles. The third-order valence-corrected chi connectivity index (χ3v) is 3.98. The summed E-state index contributed by atoms with van der Waals surface area (Å²) in [4.78, 5) is 0. The summed E-state index contributed by atoms with van der Waals surface area (Å²) in [5.74, 6) is 0. The summed E-state index contributed by atoms with van der Waals surface area (Å²) in [6.45, 7) is 7.11. The van der Waals surface area contributed by atoms with E-state index in [1.54, 1.807) is 0 Å². The molecule has 0 N–H and O–H groups in total. The van der Waals surface area contributed by atoms with Gasteiger partial charge in [0.2, 0.25) is 0 Å². The third-order valence-electron chi connectivity index (χ3n) is 3.98. The van der Waals surface area contributed by atoms with Gasteiger partial charge in [-0.1, -0.05) is 96.0 Å². The minimum absolute atomic E-state index is 0.449. The normalized spacial score (nSPS) is 11.7. The molecule has 0 atom stereocenters. The summed E-state index contributed by atoms with van der Waals surface area (Å²) < 4.78 is 0. The van der Waals surface area contributed by atoms with Crippen molar-refractivity contribution in [3.8, 4) is 0 Å². The van der Waals surface area contributed by atoms with Gasteiger partial charge in [-0.3, -0.25) is 0 Å². The molecular weight excluding hydrogens is 228 g/mol. The molecule has 0 fully saturated rings. The van der Waals surface area contributed by atoms with Crippen LogP contribution in [0.3, 0.4) is 0 Å². The van der Waals surface area contributed by atoms with Gasteiger partial charge in [-0.05, 0) is 23.8 Å². The minimum Gasteiger partial charge on any atom is -0.0654 e. The van der Waals surface area contributed by atoms with Crippen LogP contribution in [0.5, 0.6) is 0 Å². The van der Waals surface area contributed by atoms with Gasteiger partial charge in [0.1, 0.15) is 0 Å². The largest absolute Gasteiger partial charge is 0.0654 e. The first-order valence-corrected chi connectivity index (χ1v) is 8.18. The Bertz CT molecular complexity index is 310. The molecule has 0 heteroatoms. The average Bonchev–Trinajstić information content (AvgIpc) is 2.38. The molecule has 0 saturated heterocycles. The van der Waals surface area contributed by atoms with Crippen molar-refractivity contribution in [1.82, 2.24) is 0 Å². The number of hydrogen-bond donors (Lipinski definition) is 0. The van der Waals surface area contributed by atoms with E-state index < -0.39 is 0 Å². The molecule has 108 valence electrons. The van der Waals surface area contributed by atoms with Gasteiger partial charge in [0.25, 0.3) is 0 Å². The van der Waals surface area contributed by atoms with Crippen LogP contribution in [0.25, 0.3) is 0 Å². The lowest BCUT2D eigenvalue weighted by atomic mass is 9.81. The quantitative estimate of drug-likeness (QED) is 0.427. The van der Waals surface area contributed by atoms with E-state index in [-0.39, 0.29) is 0 Å². The molecule has 0 unspecified atom stereocenters. The monoisotopic (exact) mass is 260 g/mol. The Kier molecular flexibility index (Phi) is 7.86. The summed E-state index contributed by atoms with van der Waals surface area (Å²) in [6, 6.07) is 10.9. The van der Waals surface area contributed by atoms with E-state index in [0.717, 1.165) is 0 Å². The van der Waals surface area contributed by atoms with Crippen molar-refractivity contribution in [2.45, 2.75) is 78.6 Å². The Morgan fingerprint density at radius 3 is 2.00 bits per heavy atom. The summed E-state index contributed by atoms with van der Waals surface area (Å²) in [6.07, 6.45) is 12.5. The first-order chi connectivity index (χ1) is 9.14. The van der Waals surface area contributed by atoms with Gasteiger partial charge in [0, 0.05) is 0 Å². The SMILES string of the molecule is CCCCCCCCCC(C)(C)Cc1ccccc1. The Morgan fingerprint density at radius 1 is 0.789 bits per heavy atom. The summed E-state index contributed by atoms with van der Waals surface area (Å²) in [5.41, 5.74) is 1.93. The van der Waals surface area contributed by atoms with E-state index in [0.29, 0.717) is 5.41 Å². The van der Waals surface area contributed by atoms with Crippen molar-refractivity contribution in [1.29, 1.82) is 0 Å². The molecule has 0 amide bonds. The summed E-state index contributed by atoms with van der Waals surface area (Å²) >= 11 is 0. The van der Waals surface area contributed by atoms with Gasteiger partial charge in [-0.15, -0.1) is 0 Å². The number of hydrogen-bond acceptors (Lipinski definition) is 0. The predicted octanol–water partition coefficient (Wildman–Crippen LogP) is 6.40. The van der Waals surface area contributed by atoms with Crippen molar-refractivity contribution in [2.75, 3.05) is 0 Å². The van der Waals surface area contributed by atoms with Crippen LogP contribution in [0, 0.1) is 5.41 Å².